The number of nitrogens with two attached hydrogens (primary N) is 1. The Balaban J connectivity index is 2.05. The minimum Gasteiger partial charge on any atom is -0.326 e. The van der Waals surface area contributed by atoms with Crippen LogP contribution in [0, 0.1) is 23.6 Å². The van der Waals surface area contributed by atoms with Gasteiger partial charge >= 0.3 is 0 Å². The van der Waals surface area contributed by atoms with Gasteiger partial charge in [-0.05, 0) is 31.0 Å². The van der Waals surface area contributed by atoms with Crippen molar-refractivity contribution >= 4 is 11.6 Å². The van der Waals surface area contributed by atoms with Crippen LogP contribution in [0.3, 0.4) is 0 Å². The van der Waals surface area contributed by atoms with Crippen LogP contribution < -0.4 is 11.1 Å². The van der Waals surface area contributed by atoms with E-state index < -0.39 is 5.82 Å². The Kier molecular flexibility index (Phi) is 4.53. The molecule has 3 nitrogen and oxygen atoms in total. The highest BCUT2D eigenvalue weighted by atomic mass is 19.1. The summed E-state index contributed by atoms with van der Waals surface area (Å²) in [6.07, 6.45) is 4.04. The molecule has 1 saturated carbocycles. The second-order valence-electron chi connectivity index (χ2n) is 4.67. The van der Waals surface area contributed by atoms with E-state index >= 15 is 0 Å². The van der Waals surface area contributed by atoms with E-state index in [0.29, 0.717) is 11.3 Å². The van der Waals surface area contributed by atoms with Gasteiger partial charge in [-0.2, -0.15) is 0 Å². The van der Waals surface area contributed by atoms with Crippen LogP contribution >= 0.6 is 0 Å². The summed E-state index contributed by atoms with van der Waals surface area (Å²) in [5, 5.41) is 2.76. The number of carbonyl (C=O) groups excluding carboxylic acids is 1. The number of benzene rings is 1. The lowest BCUT2D eigenvalue weighted by Gasteiger charge is -2.10. The molecule has 0 saturated heterocycles. The average Bonchev–Trinajstić information content (AvgIpc) is 2.92. The molecule has 0 bridgehead atoms. The molecule has 0 heterocycles. The average molecular weight is 260 g/mol. The molecule has 3 N–H and O–H groups in total. The fourth-order valence-electron chi connectivity index (χ4n) is 2.27. The lowest BCUT2D eigenvalue weighted by molar-refractivity contribution is -0.119. The van der Waals surface area contributed by atoms with Crippen molar-refractivity contribution in [3.05, 3.63) is 29.6 Å². The third kappa shape index (κ3) is 3.55. The van der Waals surface area contributed by atoms with Gasteiger partial charge in [0.25, 0.3) is 0 Å². The van der Waals surface area contributed by atoms with Crippen LogP contribution in [0.5, 0.6) is 0 Å². The first-order chi connectivity index (χ1) is 9.20. The van der Waals surface area contributed by atoms with Crippen molar-refractivity contribution in [2.24, 2.45) is 11.7 Å². The summed E-state index contributed by atoms with van der Waals surface area (Å²) in [7, 11) is 0. The summed E-state index contributed by atoms with van der Waals surface area (Å²) >= 11 is 0. The minimum atomic E-state index is -0.440. The lowest BCUT2D eigenvalue weighted by Crippen LogP contribution is -2.20. The molecule has 0 radical (unpaired) electrons. The Morgan fingerprint density at radius 1 is 1.42 bits per heavy atom. The molecule has 1 fully saturated rings. The molecule has 0 spiro atoms. The summed E-state index contributed by atoms with van der Waals surface area (Å²) in [6, 6.07) is 4.52. The Hall–Kier alpha value is -1.86. The zero-order valence-corrected chi connectivity index (χ0v) is 10.7. The molecule has 1 aliphatic carbocycles. The first-order valence-electron chi connectivity index (χ1n) is 6.50. The summed E-state index contributed by atoms with van der Waals surface area (Å²) < 4.78 is 13.7. The van der Waals surface area contributed by atoms with Crippen LogP contribution in [0.4, 0.5) is 10.1 Å². The van der Waals surface area contributed by atoms with Crippen molar-refractivity contribution in [3.8, 4) is 11.8 Å². The maximum Gasteiger partial charge on any atom is 0.227 e. The van der Waals surface area contributed by atoms with Crippen LogP contribution in [0.25, 0.3) is 0 Å². The molecular formula is C15H17FN2O. The van der Waals surface area contributed by atoms with E-state index in [4.69, 9.17) is 5.73 Å². The first kappa shape index (κ1) is 13.6. The second kappa shape index (κ2) is 6.35. The molecule has 4 heteroatoms. The van der Waals surface area contributed by atoms with Gasteiger partial charge in [0, 0.05) is 11.6 Å². The molecule has 0 aromatic heterocycles. The molecule has 0 atom stereocenters. The molecule has 1 amide bonds. The van der Waals surface area contributed by atoms with E-state index in [-0.39, 0.29) is 18.4 Å². The minimum absolute atomic E-state index is 0.0160. The molecular weight excluding hydrogens is 243 g/mol. The number of nitrogens with one attached hydrogen (secondary N) is 1. The zero-order chi connectivity index (χ0) is 13.7. The van der Waals surface area contributed by atoms with Gasteiger partial charge < -0.3 is 11.1 Å². The number of rotatable bonds is 2. The summed E-state index contributed by atoms with van der Waals surface area (Å²) in [4.78, 5) is 11.9. The molecule has 1 aliphatic rings. The summed E-state index contributed by atoms with van der Waals surface area (Å²) in [5.41, 5.74) is 6.01. The highest BCUT2D eigenvalue weighted by Gasteiger charge is 2.22. The number of hydrogen-bond acceptors (Lipinski definition) is 2. The molecule has 1 aromatic rings. The van der Waals surface area contributed by atoms with E-state index in [0.717, 1.165) is 25.7 Å². The fourth-order valence-corrected chi connectivity index (χ4v) is 2.27. The van der Waals surface area contributed by atoms with Crippen LogP contribution in [0.1, 0.15) is 31.2 Å². The molecule has 19 heavy (non-hydrogen) atoms. The van der Waals surface area contributed by atoms with Crippen LogP contribution in [0.15, 0.2) is 18.2 Å². The number of carbonyl (C=O) groups is 1. The molecule has 1 aromatic carbocycles. The maximum absolute atomic E-state index is 13.7. The van der Waals surface area contributed by atoms with Gasteiger partial charge in [-0.3, -0.25) is 4.79 Å². The molecule has 100 valence electrons. The van der Waals surface area contributed by atoms with Crippen LogP contribution in [0.2, 0.25) is 0 Å². The maximum atomic E-state index is 13.7. The van der Waals surface area contributed by atoms with Crippen LogP contribution in [-0.2, 0) is 4.79 Å². The number of anilines is 1. The second-order valence-corrected chi connectivity index (χ2v) is 4.67. The number of amides is 1. The topological polar surface area (TPSA) is 55.1 Å². The standard InChI is InChI=1S/C15H17FN2O/c16-14-10-13(8-7-11(14)6-3-9-17)18-15(19)12-4-1-2-5-12/h7-8,10,12H,1-2,4-5,9,17H2,(H,18,19). The van der Waals surface area contributed by atoms with Gasteiger partial charge in [0.05, 0.1) is 12.1 Å². The Morgan fingerprint density at radius 3 is 2.79 bits per heavy atom. The van der Waals surface area contributed by atoms with Gasteiger partial charge in [-0.25, -0.2) is 4.39 Å². The van der Waals surface area contributed by atoms with Crippen molar-refractivity contribution in [3.63, 3.8) is 0 Å². The zero-order valence-electron chi connectivity index (χ0n) is 10.7. The van der Waals surface area contributed by atoms with Crippen molar-refractivity contribution in [1.82, 2.24) is 0 Å². The van der Waals surface area contributed by atoms with Crippen LogP contribution in [-0.4, -0.2) is 12.5 Å². The Labute approximate surface area is 112 Å². The molecule has 0 unspecified atom stereocenters. The van der Waals surface area contributed by atoms with Gasteiger partial charge in [0.1, 0.15) is 5.82 Å². The van der Waals surface area contributed by atoms with E-state index in [1.165, 1.54) is 6.07 Å². The third-order valence-corrected chi connectivity index (χ3v) is 3.29. The Bertz CT molecular complexity index is 525. The smallest absolute Gasteiger partial charge is 0.227 e. The number of halogens is 1. The van der Waals surface area contributed by atoms with E-state index in [2.05, 4.69) is 17.2 Å². The SMILES string of the molecule is NCC#Cc1ccc(NC(=O)C2CCCC2)cc1F. The van der Waals surface area contributed by atoms with Crippen molar-refractivity contribution in [1.29, 1.82) is 0 Å². The van der Waals surface area contributed by atoms with Gasteiger partial charge in [-0.15, -0.1) is 0 Å². The molecule has 0 aliphatic heterocycles. The number of hydrogen-bond donors (Lipinski definition) is 2. The third-order valence-electron chi connectivity index (χ3n) is 3.29. The highest BCUT2D eigenvalue weighted by molar-refractivity contribution is 5.92. The van der Waals surface area contributed by atoms with Gasteiger partial charge in [0.15, 0.2) is 0 Å². The Morgan fingerprint density at radius 2 is 2.16 bits per heavy atom. The van der Waals surface area contributed by atoms with E-state index in [1.54, 1.807) is 12.1 Å². The van der Waals surface area contributed by atoms with Crippen molar-refractivity contribution in [2.75, 3.05) is 11.9 Å². The fraction of sp³-hybridized carbons (Fsp3) is 0.400. The summed E-state index contributed by atoms with van der Waals surface area (Å²) in [6.45, 7) is 0.194. The predicted molar refractivity (Wildman–Crippen MR) is 72.9 cm³/mol. The quantitative estimate of drug-likeness (QED) is 0.801. The van der Waals surface area contributed by atoms with Gasteiger partial charge in [0.2, 0.25) is 5.91 Å². The van der Waals surface area contributed by atoms with Crippen molar-refractivity contribution in [2.45, 2.75) is 25.7 Å². The largest absolute Gasteiger partial charge is 0.326 e. The monoisotopic (exact) mass is 260 g/mol. The first-order valence-corrected chi connectivity index (χ1v) is 6.50. The summed E-state index contributed by atoms with van der Waals surface area (Å²) in [5.74, 6) is 4.86. The van der Waals surface area contributed by atoms with Crippen molar-refractivity contribution < 1.29 is 9.18 Å². The lowest BCUT2D eigenvalue weighted by atomic mass is 10.1. The van der Waals surface area contributed by atoms with E-state index in [1.807, 2.05) is 0 Å². The predicted octanol–water partition coefficient (Wildman–Crippen LogP) is 2.26. The van der Waals surface area contributed by atoms with Gasteiger partial charge in [-0.1, -0.05) is 24.7 Å². The normalized spacial score (nSPS) is 14.8. The highest BCUT2D eigenvalue weighted by Crippen LogP contribution is 2.26. The van der Waals surface area contributed by atoms with E-state index in [9.17, 15) is 9.18 Å². The molecule has 2 rings (SSSR count).